The molecule has 0 unspecified atom stereocenters. The number of rotatable bonds is 5. The highest BCUT2D eigenvalue weighted by Crippen LogP contribution is 2.02. The molecule has 1 aromatic carbocycles. The van der Waals surface area contributed by atoms with Gasteiger partial charge in [0.15, 0.2) is 0 Å². The average molecular weight is 193 g/mol. The third-order valence-electron chi connectivity index (χ3n) is 1.93. The van der Waals surface area contributed by atoms with Gasteiger partial charge in [-0.2, -0.15) is 0 Å². The lowest BCUT2D eigenvalue weighted by molar-refractivity contribution is -0.136. The summed E-state index contributed by atoms with van der Waals surface area (Å²) in [6.07, 6.45) is 0.172. The van der Waals surface area contributed by atoms with E-state index in [9.17, 15) is 4.79 Å². The zero-order chi connectivity index (χ0) is 10.4. The molecule has 0 radical (unpaired) electrons. The molecule has 0 saturated heterocycles. The summed E-state index contributed by atoms with van der Waals surface area (Å²) >= 11 is 0. The van der Waals surface area contributed by atoms with Gasteiger partial charge >= 0.3 is 5.97 Å². The number of aryl methyl sites for hydroxylation is 1. The minimum Gasteiger partial charge on any atom is -0.481 e. The number of benzene rings is 1. The molecule has 0 spiro atoms. The number of aliphatic carboxylic acids is 1. The highest BCUT2D eigenvalue weighted by molar-refractivity contribution is 5.66. The summed E-state index contributed by atoms with van der Waals surface area (Å²) in [6.45, 7) is 3.29. The van der Waals surface area contributed by atoms with Gasteiger partial charge in [-0.25, -0.2) is 0 Å². The van der Waals surface area contributed by atoms with Crippen LogP contribution in [0.15, 0.2) is 24.3 Å². The van der Waals surface area contributed by atoms with Crippen molar-refractivity contribution in [3.63, 3.8) is 0 Å². The summed E-state index contributed by atoms with van der Waals surface area (Å²) in [5.41, 5.74) is 2.41. The predicted octanol–water partition coefficient (Wildman–Crippen LogP) is 1.56. The molecular weight excluding hydrogens is 178 g/mol. The number of carbonyl (C=O) groups is 1. The van der Waals surface area contributed by atoms with E-state index in [1.807, 2.05) is 25.1 Å². The van der Waals surface area contributed by atoms with Gasteiger partial charge in [-0.15, -0.1) is 0 Å². The van der Waals surface area contributed by atoms with Crippen molar-refractivity contribution in [1.82, 2.24) is 5.32 Å². The monoisotopic (exact) mass is 193 g/mol. The van der Waals surface area contributed by atoms with Gasteiger partial charge in [-0.1, -0.05) is 29.8 Å². The second kappa shape index (κ2) is 5.40. The number of hydrogen-bond donors (Lipinski definition) is 2. The number of carboxylic acid groups (broad SMARTS) is 1. The van der Waals surface area contributed by atoms with E-state index in [0.29, 0.717) is 6.54 Å². The second-order valence-corrected chi connectivity index (χ2v) is 3.31. The van der Waals surface area contributed by atoms with Crippen molar-refractivity contribution in [1.29, 1.82) is 0 Å². The first-order chi connectivity index (χ1) is 6.68. The maximum atomic E-state index is 10.2. The SMILES string of the molecule is Cc1cccc(CNCCC(=O)O)c1. The fourth-order valence-corrected chi connectivity index (χ4v) is 1.25. The van der Waals surface area contributed by atoms with Crippen molar-refractivity contribution >= 4 is 5.97 Å². The van der Waals surface area contributed by atoms with Crippen molar-refractivity contribution in [2.45, 2.75) is 19.9 Å². The first-order valence-electron chi connectivity index (χ1n) is 4.66. The Bertz CT molecular complexity index is 310. The summed E-state index contributed by atoms with van der Waals surface area (Å²) in [4.78, 5) is 10.2. The summed E-state index contributed by atoms with van der Waals surface area (Å²) in [6, 6.07) is 8.17. The molecule has 0 aliphatic carbocycles. The van der Waals surface area contributed by atoms with Crippen LogP contribution >= 0.6 is 0 Å². The van der Waals surface area contributed by atoms with E-state index in [1.54, 1.807) is 0 Å². The Kier molecular flexibility index (Phi) is 4.13. The molecule has 0 aromatic heterocycles. The molecule has 0 amide bonds. The molecule has 0 atom stereocenters. The summed E-state index contributed by atoms with van der Waals surface area (Å²) in [5, 5.41) is 11.5. The highest BCUT2D eigenvalue weighted by Gasteiger charge is 1.96. The van der Waals surface area contributed by atoms with Gasteiger partial charge in [0, 0.05) is 13.1 Å². The van der Waals surface area contributed by atoms with Crippen LogP contribution in [0.5, 0.6) is 0 Å². The van der Waals surface area contributed by atoms with Crippen LogP contribution in [0, 0.1) is 6.92 Å². The average Bonchev–Trinajstić information content (AvgIpc) is 2.12. The van der Waals surface area contributed by atoms with Crippen LogP contribution in [0.25, 0.3) is 0 Å². The third-order valence-corrected chi connectivity index (χ3v) is 1.93. The molecule has 1 aromatic rings. The Morgan fingerprint density at radius 3 is 2.93 bits per heavy atom. The van der Waals surface area contributed by atoms with Crippen LogP contribution in [0.3, 0.4) is 0 Å². The van der Waals surface area contributed by atoms with Gasteiger partial charge in [0.05, 0.1) is 6.42 Å². The van der Waals surface area contributed by atoms with E-state index in [-0.39, 0.29) is 6.42 Å². The molecule has 76 valence electrons. The van der Waals surface area contributed by atoms with E-state index >= 15 is 0 Å². The van der Waals surface area contributed by atoms with Crippen molar-refractivity contribution in [3.05, 3.63) is 35.4 Å². The molecule has 0 heterocycles. The number of hydrogen-bond acceptors (Lipinski definition) is 2. The van der Waals surface area contributed by atoms with Crippen molar-refractivity contribution in [2.75, 3.05) is 6.54 Å². The first-order valence-corrected chi connectivity index (χ1v) is 4.66. The van der Waals surface area contributed by atoms with Crippen LogP contribution < -0.4 is 5.32 Å². The fourth-order valence-electron chi connectivity index (χ4n) is 1.25. The van der Waals surface area contributed by atoms with Crippen LogP contribution in [0.4, 0.5) is 0 Å². The van der Waals surface area contributed by atoms with E-state index < -0.39 is 5.97 Å². The lowest BCUT2D eigenvalue weighted by atomic mass is 10.1. The Morgan fingerprint density at radius 2 is 2.29 bits per heavy atom. The minimum atomic E-state index is -0.762. The second-order valence-electron chi connectivity index (χ2n) is 3.31. The molecule has 0 aliphatic heterocycles. The molecule has 14 heavy (non-hydrogen) atoms. The van der Waals surface area contributed by atoms with Crippen molar-refractivity contribution in [2.24, 2.45) is 0 Å². The molecule has 2 N–H and O–H groups in total. The van der Waals surface area contributed by atoms with Crippen LogP contribution in [-0.2, 0) is 11.3 Å². The minimum absolute atomic E-state index is 0.172. The lowest BCUT2D eigenvalue weighted by Gasteiger charge is -2.03. The van der Waals surface area contributed by atoms with Crippen LogP contribution in [0.2, 0.25) is 0 Å². The standard InChI is InChI=1S/C11H15NO2/c1-9-3-2-4-10(7-9)8-12-6-5-11(13)14/h2-4,7,12H,5-6,8H2,1H3,(H,13,14). The molecule has 0 aliphatic rings. The number of carboxylic acids is 1. The Labute approximate surface area is 83.8 Å². The smallest absolute Gasteiger partial charge is 0.304 e. The summed E-state index contributed by atoms with van der Waals surface area (Å²) in [7, 11) is 0. The predicted molar refractivity (Wildman–Crippen MR) is 55.1 cm³/mol. The van der Waals surface area contributed by atoms with Crippen LogP contribution in [0.1, 0.15) is 17.5 Å². The zero-order valence-corrected chi connectivity index (χ0v) is 8.29. The quantitative estimate of drug-likeness (QED) is 0.698. The van der Waals surface area contributed by atoms with E-state index in [2.05, 4.69) is 11.4 Å². The van der Waals surface area contributed by atoms with Gasteiger partial charge in [0.25, 0.3) is 0 Å². The molecule has 0 bridgehead atoms. The largest absolute Gasteiger partial charge is 0.481 e. The molecule has 3 heteroatoms. The van der Waals surface area contributed by atoms with Crippen molar-refractivity contribution in [3.8, 4) is 0 Å². The normalized spacial score (nSPS) is 10.1. The van der Waals surface area contributed by atoms with E-state index in [4.69, 9.17) is 5.11 Å². The summed E-state index contributed by atoms with van der Waals surface area (Å²) in [5.74, 6) is -0.762. The van der Waals surface area contributed by atoms with Crippen LogP contribution in [-0.4, -0.2) is 17.6 Å². The topological polar surface area (TPSA) is 49.3 Å². The Balaban J connectivity index is 2.28. The van der Waals surface area contributed by atoms with Gasteiger partial charge < -0.3 is 10.4 Å². The van der Waals surface area contributed by atoms with Gasteiger partial charge in [-0.05, 0) is 12.5 Å². The Morgan fingerprint density at radius 1 is 1.50 bits per heavy atom. The zero-order valence-electron chi connectivity index (χ0n) is 8.29. The third kappa shape index (κ3) is 4.05. The molecular formula is C11H15NO2. The maximum Gasteiger partial charge on any atom is 0.304 e. The van der Waals surface area contributed by atoms with Gasteiger partial charge in [-0.3, -0.25) is 4.79 Å². The fraction of sp³-hybridized carbons (Fsp3) is 0.364. The maximum absolute atomic E-state index is 10.2. The number of nitrogens with one attached hydrogen (secondary N) is 1. The molecule has 0 fully saturated rings. The Hall–Kier alpha value is -1.35. The molecule has 3 nitrogen and oxygen atoms in total. The molecule has 0 saturated carbocycles. The molecule has 1 rings (SSSR count). The summed E-state index contributed by atoms with van der Waals surface area (Å²) < 4.78 is 0. The van der Waals surface area contributed by atoms with Gasteiger partial charge in [0.1, 0.15) is 0 Å². The highest BCUT2D eigenvalue weighted by atomic mass is 16.4. The first kappa shape index (κ1) is 10.7. The van der Waals surface area contributed by atoms with Gasteiger partial charge in [0.2, 0.25) is 0 Å². The lowest BCUT2D eigenvalue weighted by Crippen LogP contribution is -2.17. The van der Waals surface area contributed by atoms with E-state index in [1.165, 1.54) is 11.1 Å². The van der Waals surface area contributed by atoms with Crippen molar-refractivity contribution < 1.29 is 9.90 Å². The van der Waals surface area contributed by atoms with E-state index in [0.717, 1.165) is 6.54 Å².